The van der Waals surface area contributed by atoms with Crippen LogP contribution in [0.1, 0.15) is 87.0 Å². The molecule has 0 N–H and O–H groups in total. The normalized spacial score (nSPS) is 12.7. The van der Waals surface area contributed by atoms with Crippen molar-refractivity contribution in [1.82, 2.24) is 0 Å². The topological polar surface area (TPSA) is 86.7 Å². The molecule has 0 saturated carbocycles. The van der Waals surface area contributed by atoms with Gasteiger partial charge in [-0.2, -0.15) is 26.3 Å². The van der Waals surface area contributed by atoms with Crippen LogP contribution in [0.25, 0.3) is 0 Å². The molecule has 0 bridgehead atoms. The van der Waals surface area contributed by atoms with E-state index in [9.17, 15) is 45.5 Å². The third-order valence-electron chi connectivity index (χ3n) is 7.30. The Morgan fingerprint density at radius 3 is 1.23 bits per heavy atom. The molecule has 0 radical (unpaired) electrons. The van der Waals surface area contributed by atoms with Gasteiger partial charge in [0.2, 0.25) is 0 Å². The van der Waals surface area contributed by atoms with E-state index in [1.54, 1.807) is 22.9 Å². The second-order valence-corrected chi connectivity index (χ2v) is 12.4. The van der Waals surface area contributed by atoms with Crippen LogP contribution < -0.4 is 0 Å². The molecule has 0 aliphatic heterocycles. The van der Waals surface area contributed by atoms with E-state index in [1.165, 1.54) is 62.4 Å². The molecule has 0 aliphatic carbocycles. The van der Waals surface area contributed by atoms with Gasteiger partial charge in [-0.25, -0.2) is 9.59 Å². The zero-order valence-corrected chi connectivity index (χ0v) is 27.7. The predicted octanol–water partition coefficient (Wildman–Crippen LogP) is 9.52. The highest BCUT2D eigenvalue weighted by Gasteiger charge is 2.45. The Kier molecular flexibility index (Phi) is 12.9. The highest BCUT2D eigenvalue weighted by molar-refractivity contribution is 7.12. The van der Waals surface area contributed by atoms with Gasteiger partial charge in [0.25, 0.3) is 0 Å². The number of aryl methyl sites for hydroxylation is 2. The predicted molar refractivity (Wildman–Crippen MR) is 169 cm³/mol. The lowest BCUT2D eigenvalue weighted by Gasteiger charge is -2.23. The zero-order chi connectivity index (χ0) is 35.8. The standard InChI is InChI=1S/2C17H15F3O3S/c2*1-10-5-3-6-11(15(10)16(22)23-2)12(17(18,19)20)9-13(21)14-7-4-8-24-14/h2*3-8,12H,9H2,1-2H3/t2*12-/m11/s1. The average Bonchev–Trinajstić information content (AvgIpc) is 3.76. The molecular weight excluding hydrogens is 682 g/mol. The van der Waals surface area contributed by atoms with E-state index in [0.717, 1.165) is 36.9 Å². The quantitative estimate of drug-likeness (QED) is 0.0925. The first-order valence-corrected chi connectivity index (χ1v) is 15.9. The maximum Gasteiger partial charge on any atom is 0.396 e. The number of benzene rings is 2. The minimum absolute atomic E-state index is 0.138. The number of alkyl halides is 6. The van der Waals surface area contributed by atoms with E-state index >= 15 is 0 Å². The molecule has 2 aromatic heterocycles. The van der Waals surface area contributed by atoms with Crippen LogP contribution in [0.3, 0.4) is 0 Å². The van der Waals surface area contributed by atoms with Gasteiger partial charge in [0, 0.05) is 12.8 Å². The van der Waals surface area contributed by atoms with Crippen LogP contribution in [-0.4, -0.2) is 50.1 Å². The summed E-state index contributed by atoms with van der Waals surface area (Å²) in [7, 11) is 2.22. The summed E-state index contributed by atoms with van der Waals surface area (Å²) in [6.07, 6.45) is -10.8. The molecule has 6 nitrogen and oxygen atoms in total. The van der Waals surface area contributed by atoms with E-state index in [-0.39, 0.29) is 32.0 Å². The van der Waals surface area contributed by atoms with Crippen LogP contribution in [0.4, 0.5) is 26.3 Å². The fourth-order valence-electron chi connectivity index (χ4n) is 4.97. The summed E-state index contributed by atoms with van der Waals surface area (Å²) in [6, 6.07) is 14.6. The first-order valence-electron chi connectivity index (χ1n) is 14.1. The third-order valence-corrected chi connectivity index (χ3v) is 9.12. The maximum absolute atomic E-state index is 13.6. The van der Waals surface area contributed by atoms with Gasteiger partial charge in [-0.3, -0.25) is 9.59 Å². The lowest BCUT2D eigenvalue weighted by atomic mass is 9.87. The molecule has 0 spiro atoms. The van der Waals surface area contributed by atoms with Crippen molar-refractivity contribution in [2.45, 2.75) is 50.9 Å². The number of ether oxygens (including phenoxy) is 2. The van der Waals surface area contributed by atoms with Crippen molar-refractivity contribution in [1.29, 1.82) is 0 Å². The molecule has 4 rings (SSSR count). The van der Waals surface area contributed by atoms with Crippen molar-refractivity contribution < 1.29 is 55.0 Å². The van der Waals surface area contributed by atoms with Crippen LogP contribution in [0.5, 0.6) is 0 Å². The summed E-state index contributed by atoms with van der Waals surface area (Å²) >= 11 is 2.18. The smallest absolute Gasteiger partial charge is 0.396 e. The van der Waals surface area contributed by atoms with Crippen molar-refractivity contribution in [2.24, 2.45) is 0 Å². The number of esters is 2. The van der Waals surface area contributed by atoms with Crippen LogP contribution in [0.15, 0.2) is 71.4 Å². The second kappa shape index (κ2) is 16.2. The molecule has 14 heteroatoms. The lowest BCUT2D eigenvalue weighted by Crippen LogP contribution is -2.26. The molecule has 0 fully saturated rings. The number of hydrogen-bond acceptors (Lipinski definition) is 8. The number of thiophene rings is 2. The lowest BCUT2D eigenvalue weighted by molar-refractivity contribution is -0.150. The van der Waals surface area contributed by atoms with E-state index in [4.69, 9.17) is 0 Å². The molecule has 0 amide bonds. The third kappa shape index (κ3) is 9.41. The molecule has 4 aromatic rings. The summed E-state index contributed by atoms with van der Waals surface area (Å²) in [5.74, 6) is -7.04. The molecule has 2 aromatic carbocycles. The summed E-state index contributed by atoms with van der Waals surface area (Å²) < 4.78 is 90.7. The van der Waals surface area contributed by atoms with Crippen LogP contribution in [-0.2, 0) is 9.47 Å². The number of carbonyl (C=O) groups excluding carboxylic acids is 4. The molecule has 48 heavy (non-hydrogen) atoms. The molecule has 0 unspecified atom stereocenters. The number of ketones is 2. The molecule has 2 atom stereocenters. The summed E-state index contributed by atoms with van der Waals surface area (Å²) in [4.78, 5) is 48.7. The number of carbonyl (C=O) groups is 4. The van der Waals surface area contributed by atoms with Gasteiger partial charge in [-0.1, -0.05) is 48.5 Å². The molecule has 2 heterocycles. The number of Topliss-reactive ketones (excluding diaryl/α,β-unsaturated/α-hetero) is 2. The summed E-state index contributed by atoms with van der Waals surface area (Å²) in [5, 5.41) is 3.25. The van der Waals surface area contributed by atoms with Crippen molar-refractivity contribution in [3.63, 3.8) is 0 Å². The van der Waals surface area contributed by atoms with Gasteiger partial charge in [-0.05, 0) is 59.0 Å². The van der Waals surface area contributed by atoms with E-state index in [1.807, 2.05) is 0 Å². The Balaban J connectivity index is 0.000000260. The number of hydrogen-bond donors (Lipinski definition) is 0. The van der Waals surface area contributed by atoms with E-state index in [0.29, 0.717) is 11.1 Å². The van der Waals surface area contributed by atoms with Gasteiger partial charge in [-0.15, -0.1) is 22.7 Å². The Hall–Kier alpha value is -4.30. The largest absolute Gasteiger partial charge is 0.465 e. The van der Waals surface area contributed by atoms with E-state index < -0.39 is 60.5 Å². The first kappa shape index (κ1) is 38.2. The fourth-order valence-corrected chi connectivity index (χ4v) is 6.33. The van der Waals surface area contributed by atoms with Gasteiger partial charge < -0.3 is 9.47 Å². The Bertz CT molecular complexity index is 1600. The number of halogens is 6. The van der Waals surface area contributed by atoms with Gasteiger partial charge in [0.15, 0.2) is 11.6 Å². The average molecular weight is 713 g/mol. The molecule has 0 saturated heterocycles. The van der Waals surface area contributed by atoms with Gasteiger partial charge in [0.05, 0.1) is 46.9 Å². The highest BCUT2D eigenvalue weighted by Crippen LogP contribution is 2.42. The summed E-state index contributed by atoms with van der Waals surface area (Å²) in [6.45, 7) is 3.06. The molecule has 256 valence electrons. The summed E-state index contributed by atoms with van der Waals surface area (Å²) in [5.41, 5.74) is -0.00420. The van der Waals surface area contributed by atoms with Crippen molar-refractivity contribution in [3.05, 3.63) is 115 Å². The number of methoxy groups -OCH3 is 2. The zero-order valence-electron chi connectivity index (χ0n) is 26.0. The highest BCUT2D eigenvalue weighted by atomic mass is 32.1. The fraction of sp³-hybridized carbons (Fsp3) is 0.294. The van der Waals surface area contributed by atoms with Gasteiger partial charge >= 0.3 is 24.3 Å². The Labute approximate surface area is 280 Å². The maximum atomic E-state index is 13.6. The molecular formula is C34H30F6O6S2. The first-order chi connectivity index (χ1) is 22.5. The monoisotopic (exact) mass is 712 g/mol. The van der Waals surface area contributed by atoms with Gasteiger partial charge in [0.1, 0.15) is 0 Å². The minimum atomic E-state index is -4.66. The van der Waals surface area contributed by atoms with E-state index in [2.05, 4.69) is 9.47 Å². The SMILES string of the molecule is COC(=O)c1c(C)cccc1[C@@H](CC(=O)c1cccs1)C(F)(F)F.COC(=O)c1c(C)cccc1[C@@H](CC(=O)c1cccs1)C(F)(F)F. The second-order valence-electron chi connectivity index (χ2n) is 10.5. The minimum Gasteiger partial charge on any atom is -0.465 e. The van der Waals surface area contributed by atoms with Crippen molar-refractivity contribution >= 4 is 46.2 Å². The van der Waals surface area contributed by atoms with Crippen LogP contribution in [0.2, 0.25) is 0 Å². The Morgan fingerprint density at radius 2 is 0.958 bits per heavy atom. The van der Waals surface area contributed by atoms with Crippen LogP contribution in [0, 0.1) is 13.8 Å². The number of rotatable bonds is 10. The van der Waals surface area contributed by atoms with Crippen molar-refractivity contribution in [2.75, 3.05) is 14.2 Å². The van der Waals surface area contributed by atoms with Crippen LogP contribution >= 0.6 is 22.7 Å². The van der Waals surface area contributed by atoms with Crippen molar-refractivity contribution in [3.8, 4) is 0 Å². The molecule has 0 aliphatic rings. The Morgan fingerprint density at radius 1 is 0.604 bits per heavy atom.